The highest BCUT2D eigenvalue weighted by Crippen LogP contribution is 2.34. The zero-order valence-electron chi connectivity index (χ0n) is 12.9. The summed E-state index contributed by atoms with van der Waals surface area (Å²) in [6.45, 7) is 1.96. The van der Waals surface area contributed by atoms with Crippen molar-refractivity contribution < 1.29 is 22.7 Å². The van der Waals surface area contributed by atoms with Gasteiger partial charge in [-0.3, -0.25) is 4.79 Å². The van der Waals surface area contributed by atoms with Gasteiger partial charge in [-0.05, 0) is 36.4 Å². The Morgan fingerprint density at radius 3 is 2.71 bits per heavy atom. The molecule has 0 aliphatic carbocycles. The van der Waals surface area contributed by atoms with Gasteiger partial charge in [-0.15, -0.1) is 0 Å². The fourth-order valence-electron chi connectivity index (χ4n) is 2.57. The minimum absolute atomic E-state index is 0.161. The van der Waals surface area contributed by atoms with E-state index in [0.717, 1.165) is 17.7 Å². The van der Waals surface area contributed by atoms with Gasteiger partial charge in [0.2, 0.25) is 5.91 Å². The summed E-state index contributed by atoms with van der Waals surface area (Å²) in [5.74, 6) is 0.466. The highest BCUT2D eigenvalue weighted by Gasteiger charge is 2.31. The normalized spacial score (nSPS) is 13.9. The minimum atomic E-state index is -4.39. The van der Waals surface area contributed by atoms with Gasteiger partial charge in [0.25, 0.3) is 0 Å². The number of hydrogen-bond donors (Lipinski definition) is 1. The van der Waals surface area contributed by atoms with Crippen LogP contribution in [0.5, 0.6) is 5.75 Å². The van der Waals surface area contributed by atoms with E-state index in [2.05, 4.69) is 5.32 Å². The Kier molecular flexibility index (Phi) is 4.09. The molecule has 0 aromatic heterocycles. The number of hydrogen-bond acceptors (Lipinski definition) is 3. The van der Waals surface area contributed by atoms with Crippen molar-refractivity contribution in [3.05, 3.63) is 53.6 Å². The molecule has 0 radical (unpaired) electrons. The van der Waals surface area contributed by atoms with Gasteiger partial charge >= 0.3 is 6.18 Å². The maximum Gasteiger partial charge on any atom is 0.416 e. The second kappa shape index (κ2) is 6.07. The monoisotopic (exact) mass is 336 g/mol. The quantitative estimate of drug-likeness (QED) is 0.901. The molecule has 0 spiro atoms. The summed E-state index contributed by atoms with van der Waals surface area (Å²) in [5, 5.41) is 2.68. The van der Waals surface area contributed by atoms with Crippen molar-refractivity contribution in [1.29, 1.82) is 0 Å². The van der Waals surface area contributed by atoms with Crippen LogP contribution in [0.1, 0.15) is 18.1 Å². The number of nitrogens with one attached hydrogen (secondary N) is 1. The first-order valence-electron chi connectivity index (χ1n) is 7.28. The highest BCUT2D eigenvalue weighted by atomic mass is 19.4. The predicted molar refractivity (Wildman–Crippen MR) is 83.9 cm³/mol. The van der Waals surface area contributed by atoms with Gasteiger partial charge < -0.3 is 15.0 Å². The number of nitrogens with zero attached hydrogens (tertiary/aromatic N) is 1. The molecular formula is C17H15F3N2O2. The number of benzene rings is 2. The molecule has 0 unspecified atom stereocenters. The summed E-state index contributed by atoms with van der Waals surface area (Å²) in [6, 6.07) is 10.4. The van der Waals surface area contributed by atoms with E-state index in [0.29, 0.717) is 23.7 Å². The Hall–Kier alpha value is -2.70. The standard InChI is InChI=1S/C17H15F3N2O2/c1-11(23)21-14-5-6-16-12(7-14)9-22(10-24-16)15-4-2-3-13(8-15)17(18,19)20/h2-8H,9-10H2,1H3,(H,21,23). The lowest BCUT2D eigenvalue weighted by Gasteiger charge is -2.31. The number of anilines is 2. The largest absolute Gasteiger partial charge is 0.473 e. The van der Waals surface area contributed by atoms with Crippen molar-refractivity contribution >= 4 is 17.3 Å². The fourth-order valence-corrected chi connectivity index (χ4v) is 2.57. The van der Waals surface area contributed by atoms with Crippen LogP contribution in [0, 0.1) is 0 Å². The van der Waals surface area contributed by atoms with Crippen LogP contribution in [0.3, 0.4) is 0 Å². The number of carbonyl (C=O) groups is 1. The summed E-state index contributed by atoms with van der Waals surface area (Å²) in [4.78, 5) is 12.8. The van der Waals surface area contributed by atoms with E-state index in [1.807, 2.05) is 0 Å². The van der Waals surface area contributed by atoms with Crippen LogP contribution in [0.4, 0.5) is 24.5 Å². The van der Waals surface area contributed by atoms with Crippen LogP contribution in [-0.2, 0) is 17.5 Å². The lowest BCUT2D eigenvalue weighted by molar-refractivity contribution is -0.137. The molecule has 1 aliphatic rings. The summed E-state index contributed by atoms with van der Waals surface area (Å²) < 4.78 is 44.2. The molecule has 0 saturated heterocycles. The first-order valence-corrected chi connectivity index (χ1v) is 7.28. The van der Waals surface area contributed by atoms with Crippen LogP contribution in [0.15, 0.2) is 42.5 Å². The molecule has 0 fully saturated rings. The van der Waals surface area contributed by atoms with Crippen LogP contribution >= 0.6 is 0 Å². The van der Waals surface area contributed by atoms with Gasteiger partial charge in [0.15, 0.2) is 6.73 Å². The average Bonchev–Trinajstić information content (AvgIpc) is 2.53. The van der Waals surface area contributed by atoms with E-state index in [-0.39, 0.29) is 12.6 Å². The SMILES string of the molecule is CC(=O)Nc1ccc2c(c1)CN(c1cccc(C(F)(F)F)c1)CO2. The number of fused-ring (bicyclic) bond motifs is 1. The zero-order valence-corrected chi connectivity index (χ0v) is 12.9. The van der Waals surface area contributed by atoms with Crippen molar-refractivity contribution in [2.24, 2.45) is 0 Å². The fraction of sp³-hybridized carbons (Fsp3) is 0.235. The number of amides is 1. The number of halogens is 3. The van der Waals surface area contributed by atoms with Crippen molar-refractivity contribution in [1.82, 2.24) is 0 Å². The molecule has 0 atom stereocenters. The average molecular weight is 336 g/mol. The summed E-state index contributed by atoms with van der Waals surface area (Å²) in [7, 11) is 0. The van der Waals surface area contributed by atoms with Gasteiger partial charge in [0, 0.05) is 30.4 Å². The van der Waals surface area contributed by atoms with Crippen molar-refractivity contribution in [2.75, 3.05) is 16.9 Å². The molecule has 0 bridgehead atoms. The van der Waals surface area contributed by atoms with E-state index in [4.69, 9.17) is 4.74 Å². The molecule has 3 rings (SSSR count). The maximum absolute atomic E-state index is 12.9. The second-order valence-corrected chi connectivity index (χ2v) is 5.52. The Labute approximate surface area is 136 Å². The topological polar surface area (TPSA) is 41.6 Å². The lowest BCUT2D eigenvalue weighted by atomic mass is 10.1. The predicted octanol–water partition coefficient (Wildman–Crippen LogP) is 4.02. The Bertz CT molecular complexity index is 775. The number of alkyl halides is 3. The van der Waals surface area contributed by atoms with E-state index >= 15 is 0 Å². The molecular weight excluding hydrogens is 321 g/mol. The number of ether oxygens (including phenoxy) is 1. The molecule has 126 valence electrons. The maximum atomic E-state index is 12.9. The van der Waals surface area contributed by atoms with Gasteiger partial charge in [-0.2, -0.15) is 13.2 Å². The molecule has 1 N–H and O–H groups in total. The Morgan fingerprint density at radius 2 is 2.00 bits per heavy atom. The smallest absolute Gasteiger partial charge is 0.416 e. The molecule has 1 amide bonds. The van der Waals surface area contributed by atoms with Crippen LogP contribution in [-0.4, -0.2) is 12.6 Å². The number of carbonyl (C=O) groups excluding carboxylic acids is 1. The van der Waals surface area contributed by atoms with Gasteiger partial charge in [-0.1, -0.05) is 6.07 Å². The third-order valence-corrected chi connectivity index (χ3v) is 3.66. The third kappa shape index (κ3) is 3.45. The van der Waals surface area contributed by atoms with E-state index in [1.54, 1.807) is 29.2 Å². The van der Waals surface area contributed by atoms with E-state index in [9.17, 15) is 18.0 Å². The molecule has 7 heteroatoms. The van der Waals surface area contributed by atoms with Crippen molar-refractivity contribution in [2.45, 2.75) is 19.6 Å². The van der Waals surface area contributed by atoms with Crippen LogP contribution < -0.4 is 15.0 Å². The summed E-state index contributed by atoms with van der Waals surface area (Å²) in [6.07, 6.45) is -4.39. The molecule has 2 aromatic rings. The molecule has 4 nitrogen and oxygen atoms in total. The van der Waals surface area contributed by atoms with Gasteiger partial charge in [0.05, 0.1) is 5.56 Å². The van der Waals surface area contributed by atoms with Crippen molar-refractivity contribution in [3.63, 3.8) is 0 Å². The van der Waals surface area contributed by atoms with Gasteiger partial charge in [0.1, 0.15) is 5.75 Å². The van der Waals surface area contributed by atoms with Gasteiger partial charge in [-0.25, -0.2) is 0 Å². The Morgan fingerprint density at radius 1 is 1.21 bits per heavy atom. The molecule has 24 heavy (non-hydrogen) atoms. The second-order valence-electron chi connectivity index (χ2n) is 5.52. The van der Waals surface area contributed by atoms with Crippen LogP contribution in [0.2, 0.25) is 0 Å². The molecule has 1 heterocycles. The van der Waals surface area contributed by atoms with Crippen LogP contribution in [0.25, 0.3) is 0 Å². The summed E-state index contributed by atoms with van der Waals surface area (Å²) in [5.41, 5.74) is 1.15. The van der Waals surface area contributed by atoms with Crippen molar-refractivity contribution in [3.8, 4) is 5.75 Å². The lowest BCUT2D eigenvalue weighted by Crippen LogP contribution is -2.32. The molecule has 0 saturated carbocycles. The Balaban J connectivity index is 1.85. The number of rotatable bonds is 2. The zero-order chi connectivity index (χ0) is 17.3. The van der Waals surface area contributed by atoms with E-state index < -0.39 is 11.7 Å². The molecule has 1 aliphatic heterocycles. The molecule has 2 aromatic carbocycles. The van der Waals surface area contributed by atoms with E-state index in [1.165, 1.54) is 13.0 Å². The summed E-state index contributed by atoms with van der Waals surface area (Å²) >= 11 is 0. The minimum Gasteiger partial charge on any atom is -0.473 e. The first kappa shape index (κ1) is 16.2. The third-order valence-electron chi connectivity index (χ3n) is 3.66. The highest BCUT2D eigenvalue weighted by molar-refractivity contribution is 5.88. The first-order chi connectivity index (χ1) is 11.3.